The first-order valence-electron chi connectivity index (χ1n) is 23.2. The molecule has 2 aromatic heterocycles. The van der Waals surface area contributed by atoms with E-state index < -0.39 is 0 Å². The second-order valence-electron chi connectivity index (χ2n) is 19.4. The summed E-state index contributed by atoms with van der Waals surface area (Å²) in [5.41, 5.74) is 22.8. The third-order valence-corrected chi connectivity index (χ3v) is 14.9. The van der Waals surface area contributed by atoms with Crippen LogP contribution in [0.5, 0.6) is 0 Å². The Hall–Kier alpha value is -7.94. The van der Waals surface area contributed by atoms with Crippen LogP contribution in [0.15, 0.2) is 194 Å². The van der Waals surface area contributed by atoms with Gasteiger partial charge in [0, 0.05) is 43.7 Å². The molecule has 0 fully saturated rings. The minimum atomic E-state index is -0.132. The Kier molecular flexibility index (Phi) is 8.33. The lowest BCUT2D eigenvalue weighted by Crippen LogP contribution is -2.15. The van der Waals surface area contributed by atoms with Gasteiger partial charge >= 0.3 is 0 Å². The number of hydrogen-bond acceptors (Lipinski definition) is 0. The number of aromatic nitrogens is 2. The van der Waals surface area contributed by atoms with Crippen LogP contribution < -0.4 is 0 Å². The molecule has 2 aliphatic rings. The van der Waals surface area contributed by atoms with Crippen molar-refractivity contribution in [2.24, 2.45) is 0 Å². The largest absolute Gasteiger partial charge is 0.309 e. The van der Waals surface area contributed by atoms with Crippen LogP contribution in [0, 0.1) is 0 Å². The molecule has 11 aromatic rings. The summed E-state index contributed by atoms with van der Waals surface area (Å²) in [7, 11) is 0. The van der Waals surface area contributed by atoms with Crippen LogP contribution in [0.25, 0.3) is 102 Å². The Labute approximate surface area is 386 Å². The fraction of sp³-hybridized carbons (Fsp3) is 0.0938. The van der Waals surface area contributed by atoms with Crippen molar-refractivity contribution < 1.29 is 0 Å². The normalized spacial score (nSPS) is 14.5. The molecule has 2 aliphatic carbocycles. The number of benzene rings is 9. The third kappa shape index (κ3) is 5.74. The molecule has 0 aliphatic heterocycles. The summed E-state index contributed by atoms with van der Waals surface area (Å²) in [6, 6.07) is 71.9. The molecule has 0 radical (unpaired) electrons. The van der Waals surface area contributed by atoms with E-state index in [9.17, 15) is 0 Å². The average Bonchev–Trinajstić information content (AvgIpc) is 4.01. The van der Waals surface area contributed by atoms with Gasteiger partial charge < -0.3 is 9.13 Å². The van der Waals surface area contributed by atoms with Crippen LogP contribution >= 0.6 is 0 Å². The van der Waals surface area contributed by atoms with Crippen LogP contribution in [0.2, 0.25) is 0 Å². The number of nitrogens with zero attached hydrogens (tertiary/aromatic N) is 2. The zero-order chi connectivity index (χ0) is 44.3. The Bertz CT molecular complexity index is 3860. The van der Waals surface area contributed by atoms with Gasteiger partial charge in [0.15, 0.2) is 0 Å². The summed E-state index contributed by atoms with van der Waals surface area (Å²) < 4.78 is 4.82. The van der Waals surface area contributed by atoms with Crippen molar-refractivity contribution in [1.29, 1.82) is 0 Å². The Morgan fingerprint density at radius 3 is 1.26 bits per heavy atom. The van der Waals surface area contributed by atoms with Gasteiger partial charge in [-0.2, -0.15) is 0 Å². The van der Waals surface area contributed by atoms with Crippen LogP contribution in [-0.2, 0) is 10.8 Å². The van der Waals surface area contributed by atoms with Crippen LogP contribution in [0.3, 0.4) is 0 Å². The molecule has 2 nitrogen and oxygen atoms in total. The topological polar surface area (TPSA) is 9.86 Å². The average molecular weight is 845 g/mol. The third-order valence-electron chi connectivity index (χ3n) is 14.9. The second-order valence-corrected chi connectivity index (χ2v) is 19.4. The highest BCUT2D eigenvalue weighted by Gasteiger charge is 2.37. The van der Waals surface area contributed by atoms with Crippen LogP contribution in [0.1, 0.15) is 72.2 Å². The maximum atomic E-state index is 2.45. The van der Waals surface area contributed by atoms with Gasteiger partial charge in [-0.15, -0.1) is 0 Å². The molecule has 13 rings (SSSR count). The van der Waals surface area contributed by atoms with Crippen molar-refractivity contribution in [3.8, 4) is 33.6 Å². The number of hydrogen-bond donors (Lipinski definition) is 0. The molecule has 0 atom stereocenters. The van der Waals surface area contributed by atoms with E-state index in [2.05, 4.69) is 255 Å². The van der Waals surface area contributed by atoms with Crippen LogP contribution in [-0.4, -0.2) is 9.13 Å². The smallest absolute Gasteiger partial charge is 0.0541 e. The van der Waals surface area contributed by atoms with Gasteiger partial charge in [-0.1, -0.05) is 185 Å². The quantitative estimate of drug-likeness (QED) is 0.148. The number of para-hydroxylation sites is 3. The maximum Gasteiger partial charge on any atom is 0.0541 e. The van der Waals surface area contributed by atoms with E-state index >= 15 is 0 Å². The Balaban J connectivity index is 0.789. The molecule has 2 heterocycles. The molecule has 0 saturated heterocycles. The predicted octanol–water partition coefficient (Wildman–Crippen LogP) is 16.8. The fourth-order valence-electron chi connectivity index (χ4n) is 11.5. The monoisotopic (exact) mass is 844 g/mol. The van der Waals surface area contributed by atoms with Crippen LogP contribution in [0.4, 0.5) is 0 Å². The molecule has 0 saturated carbocycles. The lowest BCUT2D eigenvalue weighted by molar-refractivity contribution is 0.660. The van der Waals surface area contributed by atoms with E-state index in [1.165, 1.54) is 122 Å². The second kappa shape index (κ2) is 14.3. The van der Waals surface area contributed by atoms with Crippen molar-refractivity contribution in [3.05, 3.63) is 239 Å². The van der Waals surface area contributed by atoms with Gasteiger partial charge in [-0.3, -0.25) is 0 Å². The molecule has 314 valence electrons. The van der Waals surface area contributed by atoms with Gasteiger partial charge in [0.25, 0.3) is 0 Å². The van der Waals surface area contributed by atoms with Gasteiger partial charge in [0.2, 0.25) is 0 Å². The summed E-state index contributed by atoms with van der Waals surface area (Å²) in [5.74, 6) is 0. The zero-order valence-corrected chi connectivity index (χ0v) is 37.7. The minimum Gasteiger partial charge on any atom is -0.309 e. The molecular weight excluding hydrogens is 797 g/mol. The lowest BCUT2D eigenvalue weighted by atomic mass is 9.81. The van der Waals surface area contributed by atoms with Crippen molar-refractivity contribution in [2.45, 2.75) is 38.5 Å². The SMILES string of the molecule is CC1(C)c2cc(C=Cc3ccc4c(c3)c3ccccc3n4-c3ccccc3)ccc2-c2ccc(C=Cc3ccc4c(c3)c3ccccc3n4-c3ccc4c(c3)C(C)(C)c3ccccc3-4)cc21. The highest BCUT2D eigenvalue weighted by atomic mass is 15.0. The minimum absolute atomic E-state index is 0.0559. The van der Waals surface area contributed by atoms with E-state index in [0.717, 1.165) is 0 Å². The fourth-order valence-corrected chi connectivity index (χ4v) is 11.5. The van der Waals surface area contributed by atoms with Crippen molar-refractivity contribution in [2.75, 3.05) is 0 Å². The van der Waals surface area contributed by atoms with Gasteiger partial charge in [0.1, 0.15) is 0 Å². The molecule has 0 unspecified atom stereocenters. The molecule has 0 spiro atoms. The lowest BCUT2D eigenvalue weighted by Gasteiger charge is -2.22. The van der Waals surface area contributed by atoms with Crippen molar-refractivity contribution in [1.82, 2.24) is 9.13 Å². The summed E-state index contributed by atoms with van der Waals surface area (Å²) in [5, 5.41) is 5.07. The van der Waals surface area contributed by atoms with Gasteiger partial charge in [-0.25, -0.2) is 0 Å². The van der Waals surface area contributed by atoms with E-state index in [0.29, 0.717) is 0 Å². The molecular formula is C64H48N2. The molecule has 9 aromatic carbocycles. The standard InChI is InChI=1S/C64H48N2/c1-63(2)55-19-11-8-16-47(55)50-33-30-46(40-58(50)63)66-60-21-13-10-18-52(60)54-37-42(29-35-62(54)66)23-25-44-27-32-49-48-31-26-43(38-56(48)64(3,4)57(49)39-44)24-22-41-28-34-61-53(36-41)51-17-9-12-20-59(51)65(61)45-14-6-5-7-15-45/h5-40H,1-4H3. The summed E-state index contributed by atoms with van der Waals surface area (Å²) in [4.78, 5) is 0. The first-order valence-corrected chi connectivity index (χ1v) is 23.2. The molecule has 0 amide bonds. The van der Waals surface area contributed by atoms with E-state index in [-0.39, 0.29) is 10.8 Å². The molecule has 0 N–H and O–H groups in total. The summed E-state index contributed by atoms with van der Waals surface area (Å²) in [6.45, 7) is 9.47. The number of rotatable bonds is 6. The van der Waals surface area contributed by atoms with Gasteiger partial charge in [0.05, 0.1) is 22.1 Å². The van der Waals surface area contributed by atoms with E-state index in [1.54, 1.807) is 0 Å². The predicted molar refractivity (Wildman–Crippen MR) is 281 cm³/mol. The Morgan fingerprint density at radius 1 is 0.288 bits per heavy atom. The highest BCUT2D eigenvalue weighted by molar-refractivity contribution is 6.11. The summed E-state index contributed by atoms with van der Waals surface area (Å²) in [6.07, 6.45) is 9.08. The highest BCUT2D eigenvalue weighted by Crippen LogP contribution is 2.51. The summed E-state index contributed by atoms with van der Waals surface area (Å²) >= 11 is 0. The van der Waals surface area contributed by atoms with Crippen molar-refractivity contribution in [3.63, 3.8) is 0 Å². The molecule has 0 bridgehead atoms. The first kappa shape index (κ1) is 38.5. The van der Waals surface area contributed by atoms with Crippen molar-refractivity contribution >= 4 is 67.9 Å². The number of fused-ring (bicyclic) bond motifs is 12. The molecule has 2 heteroatoms. The first-order chi connectivity index (χ1) is 32.2. The molecule has 66 heavy (non-hydrogen) atoms. The van der Waals surface area contributed by atoms with E-state index in [1.807, 2.05) is 0 Å². The van der Waals surface area contributed by atoms with E-state index in [4.69, 9.17) is 0 Å². The maximum absolute atomic E-state index is 2.45. The Morgan fingerprint density at radius 2 is 0.682 bits per heavy atom. The zero-order valence-electron chi connectivity index (χ0n) is 37.7. The van der Waals surface area contributed by atoms with Gasteiger partial charge in [-0.05, 0) is 127 Å².